The summed E-state index contributed by atoms with van der Waals surface area (Å²) in [5.41, 5.74) is 3.81. The van der Waals surface area contributed by atoms with Gasteiger partial charge in [0.1, 0.15) is 11.6 Å². The molecular formula is C21H20FN3O. The highest BCUT2D eigenvalue weighted by Crippen LogP contribution is 2.25. The number of rotatable bonds is 3. The van der Waals surface area contributed by atoms with Crippen LogP contribution in [-0.4, -0.2) is 15.5 Å². The third-order valence-corrected chi connectivity index (χ3v) is 4.84. The van der Waals surface area contributed by atoms with Crippen LogP contribution < -0.4 is 5.32 Å². The monoisotopic (exact) mass is 349 g/mol. The van der Waals surface area contributed by atoms with Crippen molar-refractivity contribution in [3.8, 4) is 11.4 Å². The van der Waals surface area contributed by atoms with Crippen LogP contribution in [0.4, 0.5) is 10.1 Å². The van der Waals surface area contributed by atoms with Crippen molar-refractivity contribution in [2.45, 2.75) is 32.7 Å². The number of anilines is 1. The fourth-order valence-corrected chi connectivity index (χ4v) is 3.31. The quantitative estimate of drug-likeness (QED) is 0.752. The molecule has 26 heavy (non-hydrogen) atoms. The molecule has 0 bridgehead atoms. The Morgan fingerprint density at radius 3 is 2.73 bits per heavy atom. The number of hydrogen-bond acceptors (Lipinski definition) is 2. The zero-order valence-corrected chi connectivity index (χ0v) is 14.6. The standard InChI is InChI=1S/C21H20FN3O/c1-14-5-6-16(12-19(14)22)21(26)24-17-9-7-15(8-10-17)20-23-13-18-4-2-3-11-25(18)20/h5-10,12-13H,2-4,11H2,1H3,(H,24,26). The Kier molecular flexibility index (Phi) is 4.29. The van der Waals surface area contributed by atoms with Gasteiger partial charge in [0.2, 0.25) is 0 Å². The van der Waals surface area contributed by atoms with Gasteiger partial charge in [0, 0.05) is 35.2 Å². The van der Waals surface area contributed by atoms with E-state index in [1.165, 1.54) is 24.6 Å². The predicted molar refractivity (Wildman–Crippen MR) is 99.7 cm³/mol. The molecule has 5 heteroatoms. The van der Waals surface area contributed by atoms with Crippen LogP contribution in [0.2, 0.25) is 0 Å². The lowest BCUT2D eigenvalue weighted by molar-refractivity contribution is 0.102. The minimum atomic E-state index is -0.378. The van der Waals surface area contributed by atoms with E-state index in [2.05, 4.69) is 14.9 Å². The van der Waals surface area contributed by atoms with Gasteiger partial charge in [-0.1, -0.05) is 6.07 Å². The van der Waals surface area contributed by atoms with Crippen LogP contribution in [0.25, 0.3) is 11.4 Å². The van der Waals surface area contributed by atoms with Gasteiger partial charge >= 0.3 is 0 Å². The lowest BCUT2D eigenvalue weighted by Crippen LogP contribution is -2.12. The number of imidazole rings is 1. The number of benzene rings is 2. The second-order valence-corrected chi connectivity index (χ2v) is 6.68. The molecule has 0 atom stereocenters. The maximum Gasteiger partial charge on any atom is 0.255 e. The van der Waals surface area contributed by atoms with Crippen molar-refractivity contribution in [1.29, 1.82) is 0 Å². The first kappa shape index (κ1) is 16.5. The van der Waals surface area contributed by atoms with E-state index >= 15 is 0 Å². The highest BCUT2D eigenvalue weighted by atomic mass is 19.1. The first-order chi connectivity index (χ1) is 12.6. The molecule has 0 saturated carbocycles. The second kappa shape index (κ2) is 6.75. The van der Waals surface area contributed by atoms with Gasteiger partial charge in [-0.15, -0.1) is 0 Å². The third kappa shape index (κ3) is 3.12. The Hall–Kier alpha value is -2.95. The van der Waals surface area contributed by atoms with Crippen LogP contribution in [0.3, 0.4) is 0 Å². The summed E-state index contributed by atoms with van der Waals surface area (Å²) in [7, 11) is 0. The zero-order valence-electron chi connectivity index (χ0n) is 14.6. The Morgan fingerprint density at radius 2 is 1.96 bits per heavy atom. The van der Waals surface area contributed by atoms with E-state index in [-0.39, 0.29) is 11.7 Å². The first-order valence-corrected chi connectivity index (χ1v) is 8.84. The summed E-state index contributed by atoms with van der Waals surface area (Å²) < 4.78 is 15.9. The highest BCUT2D eigenvalue weighted by molar-refractivity contribution is 6.04. The Labute approximate surface area is 151 Å². The van der Waals surface area contributed by atoms with Gasteiger partial charge in [0.15, 0.2) is 0 Å². The van der Waals surface area contributed by atoms with Crippen LogP contribution in [0.15, 0.2) is 48.7 Å². The van der Waals surface area contributed by atoms with Crippen LogP contribution in [-0.2, 0) is 13.0 Å². The number of nitrogens with zero attached hydrogens (tertiary/aromatic N) is 2. The first-order valence-electron chi connectivity index (χ1n) is 8.84. The van der Waals surface area contributed by atoms with E-state index in [0.717, 1.165) is 24.4 Å². The lowest BCUT2D eigenvalue weighted by atomic mass is 10.1. The van der Waals surface area contributed by atoms with Gasteiger partial charge in [0.05, 0.1) is 0 Å². The molecule has 0 aliphatic carbocycles. The molecule has 1 N–H and O–H groups in total. The number of carbonyl (C=O) groups is 1. The fourth-order valence-electron chi connectivity index (χ4n) is 3.31. The molecular weight excluding hydrogens is 329 g/mol. The van der Waals surface area contributed by atoms with Crippen molar-refractivity contribution in [1.82, 2.24) is 9.55 Å². The topological polar surface area (TPSA) is 46.9 Å². The molecule has 1 aliphatic heterocycles. The molecule has 4 nitrogen and oxygen atoms in total. The minimum absolute atomic E-state index is 0.305. The number of halogens is 1. The van der Waals surface area contributed by atoms with Crippen molar-refractivity contribution in [2.75, 3.05) is 5.32 Å². The lowest BCUT2D eigenvalue weighted by Gasteiger charge is -2.16. The van der Waals surface area contributed by atoms with Crippen molar-refractivity contribution >= 4 is 11.6 Å². The summed E-state index contributed by atoms with van der Waals surface area (Å²) in [6.45, 7) is 2.67. The summed E-state index contributed by atoms with van der Waals surface area (Å²) in [6, 6.07) is 12.1. The number of fused-ring (bicyclic) bond motifs is 1. The number of aromatic nitrogens is 2. The van der Waals surface area contributed by atoms with E-state index in [1.807, 2.05) is 30.5 Å². The van der Waals surface area contributed by atoms with Crippen LogP contribution >= 0.6 is 0 Å². The summed E-state index contributed by atoms with van der Waals surface area (Å²) in [4.78, 5) is 16.8. The third-order valence-electron chi connectivity index (χ3n) is 4.84. The molecule has 0 spiro atoms. The number of amides is 1. The van der Waals surface area contributed by atoms with Crippen molar-refractivity contribution in [3.63, 3.8) is 0 Å². The molecule has 2 heterocycles. The van der Waals surface area contributed by atoms with Crippen molar-refractivity contribution in [2.24, 2.45) is 0 Å². The summed E-state index contributed by atoms with van der Waals surface area (Å²) >= 11 is 0. The van der Waals surface area contributed by atoms with Crippen LogP contribution in [0.5, 0.6) is 0 Å². The largest absolute Gasteiger partial charge is 0.328 e. The minimum Gasteiger partial charge on any atom is -0.328 e. The molecule has 2 aromatic carbocycles. The average molecular weight is 349 g/mol. The van der Waals surface area contributed by atoms with E-state index in [0.29, 0.717) is 16.8 Å². The normalized spacial score (nSPS) is 13.3. The molecule has 132 valence electrons. The van der Waals surface area contributed by atoms with Gasteiger partial charge in [-0.25, -0.2) is 9.37 Å². The average Bonchev–Trinajstić information content (AvgIpc) is 3.09. The van der Waals surface area contributed by atoms with Crippen LogP contribution in [0.1, 0.15) is 34.5 Å². The Bertz CT molecular complexity index is 960. The zero-order chi connectivity index (χ0) is 18.1. The van der Waals surface area contributed by atoms with Gasteiger partial charge in [0.25, 0.3) is 5.91 Å². The van der Waals surface area contributed by atoms with Crippen molar-refractivity contribution < 1.29 is 9.18 Å². The SMILES string of the molecule is Cc1ccc(C(=O)Nc2ccc(-c3ncc4n3CCCC4)cc2)cc1F. The second-order valence-electron chi connectivity index (χ2n) is 6.68. The molecule has 0 fully saturated rings. The highest BCUT2D eigenvalue weighted by Gasteiger charge is 2.15. The van der Waals surface area contributed by atoms with Crippen molar-refractivity contribution in [3.05, 3.63) is 71.3 Å². The number of hydrogen-bond donors (Lipinski definition) is 1. The smallest absolute Gasteiger partial charge is 0.255 e. The summed E-state index contributed by atoms with van der Waals surface area (Å²) in [5, 5.41) is 2.81. The molecule has 1 amide bonds. The number of carbonyl (C=O) groups excluding carboxylic acids is 1. The molecule has 0 radical (unpaired) electrons. The molecule has 4 rings (SSSR count). The fraction of sp³-hybridized carbons (Fsp3) is 0.238. The Morgan fingerprint density at radius 1 is 1.15 bits per heavy atom. The molecule has 0 unspecified atom stereocenters. The maximum absolute atomic E-state index is 13.6. The van der Waals surface area contributed by atoms with E-state index in [9.17, 15) is 9.18 Å². The number of aryl methyl sites for hydroxylation is 2. The maximum atomic E-state index is 13.6. The van der Waals surface area contributed by atoms with E-state index in [1.54, 1.807) is 19.1 Å². The van der Waals surface area contributed by atoms with E-state index < -0.39 is 0 Å². The Balaban J connectivity index is 1.52. The van der Waals surface area contributed by atoms with Gasteiger partial charge in [-0.2, -0.15) is 0 Å². The molecule has 1 aromatic heterocycles. The predicted octanol–water partition coefficient (Wildman–Crippen LogP) is 4.59. The molecule has 1 aliphatic rings. The molecule has 3 aromatic rings. The number of nitrogens with one attached hydrogen (secondary N) is 1. The van der Waals surface area contributed by atoms with Gasteiger partial charge < -0.3 is 9.88 Å². The summed E-state index contributed by atoms with van der Waals surface area (Å²) in [6.07, 6.45) is 5.43. The van der Waals surface area contributed by atoms with Crippen LogP contribution in [0, 0.1) is 12.7 Å². The van der Waals surface area contributed by atoms with E-state index in [4.69, 9.17) is 0 Å². The van der Waals surface area contributed by atoms with Gasteiger partial charge in [-0.05, 0) is 68.1 Å². The summed E-state index contributed by atoms with van der Waals surface area (Å²) in [5.74, 6) is 0.269. The molecule has 0 saturated heterocycles. The van der Waals surface area contributed by atoms with Gasteiger partial charge in [-0.3, -0.25) is 4.79 Å².